The van der Waals surface area contributed by atoms with Gasteiger partial charge in [0.15, 0.2) is 0 Å². The fraction of sp³-hybridized carbons (Fsp3) is 1.00. The Kier molecular flexibility index (Phi) is 30.1. The zero-order valence-electron chi connectivity index (χ0n) is 27.3. The van der Waals surface area contributed by atoms with Crippen LogP contribution in [0.5, 0.6) is 0 Å². The van der Waals surface area contributed by atoms with Crippen molar-refractivity contribution < 1.29 is 13.3 Å². The van der Waals surface area contributed by atoms with Crippen molar-refractivity contribution in [1.29, 1.82) is 0 Å². The van der Waals surface area contributed by atoms with Crippen LogP contribution in [0.15, 0.2) is 0 Å². The average molecular weight is 557 g/mol. The molecule has 0 spiro atoms. The second-order valence-corrected chi connectivity index (χ2v) is 15.0. The van der Waals surface area contributed by atoms with Crippen LogP contribution in [-0.2, 0) is 8.85 Å². The van der Waals surface area contributed by atoms with E-state index in [-0.39, 0.29) is 0 Å². The van der Waals surface area contributed by atoms with E-state index in [1.54, 1.807) is 0 Å². The van der Waals surface area contributed by atoms with Crippen molar-refractivity contribution >= 4 is 9.28 Å². The Bertz CT molecular complexity index is 416. The summed E-state index contributed by atoms with van der Waals surface area (Å²) in [5.74, 6) is 0. The summed E-state index contributed by atoms with van der Waals surface area (Å²) in [6, 6.07) is 1.15. The highest BCUT2D eigenvalue weighted by atomic mass is 28.3. The van der Waals surface area contributed by atoms with Crippen LogP contribution < -0.4 is 0 Å². The molecule has 0 fully saturated rings. The zero-order chi connectivity index (χ0) is 28.0. The van der Waals surface area contributed by atoms with Gasteiger partial charge in [0, 0.05) is 14.2 Å². The van der Waals surface area contributed by atoms with E-state index in [0.29, 0.717) is 0 Å². The molecular formula is C34H74NO2Si+. The second-order valence-electron chi connectivity index (χ2n) is 12.6. The first-order valence-corrected chi connectivity index (χ1v) is 19.3. The Morgan fingerprint density at radius 3 is 0.947 bits per heavy atom. The lowest BCUT2D eigenvalue weighted by atomic mass is 10.0. The van der Waals surface area contributed by atoms with Gasteiger partial charge in [-0.05, 0) is 38.1 Å². The quantitative estimate of drug-likeness (QED) is 0.0466. The molecule has 230 valence electrons. The van der Waals surface area contributed by atoms with E-state index < -0.39 is 9.28 Å². The standard InChI is InChI=1S/C34H74NO2Si/c1-6-8-10-12-14-16-18-20-22-24-26-28-31-35(3,33-30-34-38(36-4)37-5)32-29-27-25-23-21-19-17-15-13-11-9-7-2/h38H,6-34H2,1-5H3/q+1. The molecule has 0 aromatic heterocycles. The molecule has 0 atom stereocenters. The molecule has 0 aliphatic rings. The van der Waals surface area contributed by atoms with E-state index in [2.05, 4.69) is 20.9 Å². The highest BCUT2D eigenvalue weighted by Crippen LogP contribution is 2.17. The first-order valence-electron chi connectivity index (χ1n) is 17.5. The normalized spacial score (nSPS) is 12.2. The number of quaternary nitrogens is 1. The van der Waals surface area contributed by atoms with Gasteiger partial charge in [-0.3, -0.25) is 0 Å². The molecule has 0 amide bonds. The molecule has 0 rings (SSSR count). The highest BCUT2D eigenvalue weighted by Gasteiger charge is 2.22. The van der Waals surface area contributed by atoms with Gasteiger partial charge in [-0.2, -0.15) is 0 Å². The van der Waals surface area contributed by atoms with Crippen LogP contribution in [0, 0.1) is 0 Å². The second kappa shape index (κ2) is 30.1. The summed E-state index contributed by atoms with van der Waals surface area (Å²) in [5, 5.41) is 0. The Morgan fingerprint density at radius 1 is 0.395 bits per heavy atom. The molecule has 0 unspecified atom stereocenters. The Morgan fingerprint density at radius 2 is 0.658 bits per heavy atom. The van der Waals surface area contributed by atoms with Crippen molar-refractivity contribution in [2.45, 2.75) is 180 Å². The molecule has 0 aromatic rings. The third-order valence-corrected chi connectivity index (χ3v) is 10.7. The maximum absolute atomic E-state index is 5.58. The first kappa shape index (κ1) is 38.1. The summed E-state index contributed by atoms with van der Waals surface area (Å²) in [6.07, 6.45) is 35.8. The van der Waals surface area contributed by atoms with Gasteiger partial charge < -0.3 is 13.3 Å². The molecule has 0 aromatic carbocycles. The van der Waals surface area contributed by atoms with Crippen LogP contribution in [0.2, 0.25) is 6.04 Å². The average Bonchev–Trinajstić information content (AvgIpc) is 2.92. The van der Waals surface area contributed by atoms with Crippen molar-refractivity contribution in [2.24, 2.45) is 0 Å². The molecule has 0 aliphatic heterocycles. The summed E-state index contributed by atoms with van der Waals surface area (Å²) in [5.41, 5.74) is 0. The van der Waals surface area contributed by atoms with E-state index in [1.807, 2.05) is 14.2 Å². The monoisotopic (exact) mass is 557 g/mol. The van der Waals surface area contributed by atoms with E-state index in [4.69, 9.17) is 8.85 Å². The molecule has 0 aliphatic carbocycles. The summed E-state index contributed by atoms with van der Waals surface area (Å²) in [4.78, 5) is 0. The first-order chi connectivity index (χ1) is 18.6. The molecular weight excluding hydrogens is 482 g/mol. The van der Waals surface area contributed by atoms with Crippen molar-refractivity contribution in [3.8, 4) is 0 Å². The van der Waals surface area contributed by atoms with Crippen molar-refractivity contribution in [3.63, 3.8) is 0 Å². The lowest BCUT2D eigenvalue weighted by Gasteiger charge is -2.35. The van der Waals surface area contributed by atoms with Crippen LogP contribution >= 0.6 is 0 Å². The maximum atomic E-state index is 5.58. The van der Waals surface area contributed by atoms with Crippen LogP contribution in [0.3, 0.4) is 0 Å². The molecule has 0 bridgehead atoms. The summed E-state index contributed by atoms with van der Waals surface area (Å²) >= 11 is 0. The van der Waals surface area contributed by atoms with Gasteiger partial charge in [-0.15, -0.1) is 0 Å². The van der Waals surface area contributed by atoms with Crippen LogP contribution in [-0.4, -0.2) is 54.7 Å². The summed E-state index contributed by atoms with van der Waals surface area (Å²) in [6.45, 7) is 8.64. The molecule has 0 radical (unpaired) electrons. The van der Waals surface area contributed by atoms with Crippen LogP contribution in [0.1, 0.15) is 174 Å². The third-order valence-electron chi connectivity index (χ3n) is 8.77. The number of nitrogens with zero attached hydrogens (tertiary/aromatic N) is 1. The lowest BCUT2D eigenvalue weighted by Crippen LogP contribution is -2.46. The number of rotatable bonds is 32. The van der Waals surface area contributed by atoms with Gasteiger partial charge in [-0.25, -0.2) is 0 Å². The SMILES string of the molecule is CCCCCCCCCCCCCC[N+](C)(CCCCCCCCCCCCCC)CCC[SiH](OC)OC. The van der Waals surface area contributed by atoms with Crippen molar-refractivity contribution in [1.82, 2.24) is 0 Å². The topological polar surface area (TPSA) is 18.5 Å². The molecule has 4 heteroatoms. The smallest absolute Gasteiger partial charge is 0.321 e. The zero-order valence-corrected chi connectivity index (χ0v) is 28.5. The van der Waals surface area contributed by atoms with Crippen LogP contribution in [0.4, 0.5) is 0 Å². The van der Waals surface area contributed by atoms with Crippen molar-refractivity contribution in [3.05, 3.63) is 0 Å². The van der Waals surface area contributed by atoms with Gasteiger partial charge in [-0.1, -0.05) is 142 Å². The van der Waals surface area contributed by atoms with Gasteiger partial charge in [0.2, 0.25) is 0 Å². The van der Waals surface area contributed by atoms with Gasteiger partial charge in [0.25, 0.3) is 0 Å². The highest BCUT2D eigenvalue weighted by molar-refractivity contribution is 6.44. The van der Waals surface area contributed by atoms with E-state index in [0.717, 1.165) is 6.04 Å². The summed E-state index contributed by atoms with van der Waals surface area (Å²) < 4.78 is 12.4. The van der Waals surface area contributed by atoms with Crippen molar-refractivity contribution in [2.75, 3.05) is 40.9 Å². The van der Waals surface area contributed by atoms with E-state index in [1.165, 1.54) is 185 Å². The van der Waals surface area contributed by atoms with E-state index >= 15 is 0 Å². The molecule has 0 saturated heterocycles. The molecule has 0 saturated carbocycles. The minimum atomic E-state index is -1.41. The minimum absolute atomic E-state index is 1.15. The minimum Gasteiger partial charge on any atom is -0.400 e. The maximum Gasteiger partial charge on any atom is 0.321 e. The third kappa shape index (κ3) is 26.3. The van der Waals surface area contributed by atoms with Gasteiger partial charge in [0.05, 0.1) is 26.7 Å². The number of unbranched alkanes of at least 4 members (excludes halogenated alkanes) is 22. The Balaban J connectivity index is 4.02. The summed E-state index contributed by atoms with van der Waals surface area (Å²) in [7, 11) is 4.77. The van der Waals surface area contributed by atoms with Gasteiger partial charge in [0.1, 0.15) is 0 Å². The predicted molar refractivity (Wildman–Crippen MR) is 174 cm³/mol. The Hall–Kier alpha value is 0.0969. The fourth-order valence-electron chi connectivity index (χ4n) is 5.98. The number of hydrogen-bond donors (Lipinski definition) is 0. The predicted octanol–water partition coefficient (Wildman–Crippen LogP) is 10.7. The number of hydrogen-bond acceptors (Lipinski definition) is 2. The largest absolute Gasteiger partial charge is 0.400 e. The van der Waals surface area contributed by atoms with Crippen LogP contribution in [0.25, 0.3) is 0 Å². The molecule has 0 heterocycles. The molecule has 3 nitrogen and oxygen atoms in total. The lowest BCUT2D eigenvalue weighted by molar-refractivity contribution is -0.910. The van der Waals surface area contributed by atoms with Gasteiger partial charge >= 0.3 is 9.28 Å². The molecule has 38 heavy (non-hydrogen) atoms. The Labute approximate surface area is 243 Å². The molecule has 0 N–H and O–H groups in total. The van der Waals surface area contributed by atoms with E-state index in [9.17, 15) is 0 Å². The fourth-order valence-corrected chi connectivity index (χ4v) is 7.16.